The van der Waals surface area contributed by atoms with Crippen LogP contribution in [0, 0.1) is 5.92 Å². The molecule has 0 unspecified atom stereocenters. The number of aromatic hydroxyl groups is 1. The lowest BCUT2D eigenvalue weighted by Crippen LogP contribution is -2.28. The molecule has 0 radical (unpaired) electrons. The molecule has 1 fully saturated rings. The molecule has 35 heavy (non-hydrogen) atoms. The maximum atomic E-state index is 12.5. The molecule has 2 aromatic carbocycles. The van der Waals surface area contributed by atoms with E-state index in [0.717, 1.165) is 53.0 Å². The second-order valence-corrected chi connectivity index (χ2v) is 10.2. The summed E-state index contributed by atoms with van der Waals surface area (Å²) in [6.07, 6.45) is 7.48. The van der Waals surface area contributed by atoms with Crippen molar-refractivity contribution in [2.45, 2.75) is 45.1 Å². The molecule has 0 bridgehead atoms. The van der Waals surface area contributed by atoms with E-state index in [2.05, 4.69) is 29.3 Å². The molecule has 1 aliphatic rings. The highest BCUT2D eigenvalue weighted by atomic mass is 35.5. The van der Waals surface area contributed by atoms with Gasteiger partial charge in [0.15, 0.2) is 17.3 Å². The molecule has 1 heterocycles. The minimum atomic E-state index is -0.0808. The number of pyridine rings is 1. The van der Waals surface area contributed by atoms with Crippen LogP contribution < -0.4 is 10.1 Å². The maximum Gasteiger partial charge on any atom is 0.176 e. The Morgan fingerprint density at radius 3 is 2.57 bits per heavy atom. The number of nitrogens with one attached hydrogen (secondary N) is 1. The number of phenols is 1. The lowest BCUT2D eigenvalue weighted by atomic mass is 9.83. The molecule has 186 valence electrons. The third-order valence-corrected chi connectivity index (χ3v) is 7.30. The fraction of sp³-hybridized carbons (Fsp3) is 0.429. The van der Waals surface area contributed by atoms with Gasteiger partial charge in [-0.15, -0.1) is 0 Å². The van der Waals surface area contributed by atoms with Crippen molar-refractivity contribution in [2.24, 2.45) is 5.92 Å². The zero-order valence-electron chi connectivity index (χ0n) is 20.9. The minimum absolute atomic E-state index is 0.0127. The molecule has 0 atom stereocenters. The van der Waals surface area contributed by atoms with Crippen molar-refractivity contribution >= 4 is 34.0 Å². The highest BCUT2D eigenvalue weighted by Gasteiger charge is 2.23. The molecular weight excluding hydrogens is 462 g/mol. The van der Waals surface area contributed by atoms with Crippen LogP contribution >= 0.6 is 11.6 Å². The van der Waals surface area contributed by atoms with Gasteiger partial charge in [-0.1, -0.05) is 17.7 Å². The Bertz CT molecular complexity index is 1220. The number of hydrogen-bond donors (Lipinski definition) is 2. The summed E-state index contributed by atoms with van der Waals surface area (Å²) >= 11 is 6.24. The first-order valence-corrected chi connectivity index (χ1v) is 12.6. The summed E-state index contributed by atoms with van der Waals surface area (Å²) in [5, 5.41) is 15.0. The van der Waals surface area contributed by atoms with Crippen LogP contribution in [0.4, 0.5) is 5.69 Å². The van der Waals surface area contributed by atoms with Gasteiger partial charge >= 0.3 is 0 Å². The van der Waals surface area contributed by atoms with Crippen LogP contribution in [0.25, 0.3) is 22.0 Å². The van der Waals surface area contributed by atoms with E-state index in [1.165, 1.54) is 26.4 Å². The monoisotopic (exact) mass is 495 g/mol. The van der Waals surface area contributed by atoms with E-state index in [1.54, 1.807) is 25.3 Å². The van der Waals surface area contributed by atoms with Crippen LogP contribution in [0.2, 0.25) is 5.02 Å². The second kappa shape index (κ2) is 10.8. The number of aromatic nitrogens is 1. The summed E-state index contributed by atoms with van der Waals surface area (Å²) in [5.74, 6) is 0.981. The highest BCUT2D eigenvalue weighted by Crippen LogP contribution is 2.40. The number of benzene rings is 2. The number of Topliss-reactive ketones (excluding diaryl/α,β-unsaturated/α-hetero) is 1. The summed E-state index contributed by atoms with van der Waals surface area (Å²) in [6, 6.07) is 9.73. The normalized spacial score (nSPS) is 18.1. The zero-order valence-corrected chi connectivity index (χ0v) is 21.7. The van der Waals surface area contributed by atoms with Crippen LogP contribution in [0.3, 0.4) is 0 Å². The van der Waals surface area contributed by atoms with Crippen molar-refractivity contribution in [3.8, 4) is 22.6 Å². The van der Waals surface area contributed by atoms with Gasteiger partial charge in [0.1, 0.15) is 0 Å². The number of fused-ring (bicyclic) bond motifs is 1. The van der Waals surface area contributed by atoms with Crippen LogP contribution in [-0.2, 0) is 0 Å². The van der Waals surface area contributed by atoms with E-state index in [9.17, 15) is 9.90 Å². The Kier molecular flexibility index (Phi) is 7.82. The molecule has 1 aromatic heterocycles. The predicted molar refractivity (Wildman–Crippen MR) is 143 cm³/mol. The fourth-order valence-corrected chi connectivity index (χ4v) is 5.14. The lowest BCUT2D eigenvalue weighted by molar-refractivity contribution is 0.101. The number of carbonyl (C=O) groups is 1. The van der Waals surface area contributed by atoms with Crippen molar-refractivity contribution in [3.63, 3.8) is 0 Å². The van der Waals surface area contributed by atoms with Gasteiger partial charge in [-0.05, 0) is 101 Å². The van der Waals surface area contributed by atoms with E-state index in [0.29, 0.717) is 17.4 Å². The standard InChI is InChI=1S/C28H34ClN3O3/c1-17(33)23-16-30-25-10-7-19(20-14-24(29)28(34)26(15-20)35-4)13-22(25)27(23)31-21-8-5-18(6-9-21)11-12-32(2)3/h7,10,13-16,18,21,34H,5-6,8-9,11-12H2,1-4H3,(H,30,31). The van der Waals surface area contributed by atoms with Gasteiger partial charge in [0.2, 0.25) is 0 Å². The Labute approximate surface area is 212 Å². The van der Waals surface area contributed by atoms with Crippen molar-refractivity contribution in [2.75, 3.05) is 33.1 Å². The van der Waals surface area contributed by atoms with Gasteiger partial charge in [0.05, 0.1) is 28.9 Å². The van der Waals surface area contributed by atoms with E-state index < -0.39 is 0 Å². The molecule has 0 saturated heterocycles. The quantitative estimate of drug-likeness (QED) is 0.352. The Morgan fingerprint density at radius 1 is 1.17 bits per heavy atom. The summed E-state index contributed by atoms with van der Waals surface area (Å²) in [6.45, 7) is 2.71. The number of ether oxygens (including phenoxy) is 1. The Hall–Kier alpha value is -2.83. The van der Waals surface area contributed by atoms with Crippen LogP contribution in [-0.4, -0.2) is 54.6 Å². The predicted octanol–water partition coefficient (Wildman–Crippen LogP) is 6.39. The van der Waals surface area contributed by atoms with Crippen molar-refractivity contribution in [1.29, 1.82) is 0 Å². The number of anilines is 1. The Morgan fingerprint density at radius 2 is 1.91 bits per heavy atom. The van der Waals surface area contributed by atoms with Crippen LogP contribution in [0.15, 0.2) is 36.5 Å². The number of methoxy groups -OCH3 is 1. The first-order valence-electron chi connectivity index (χ1n) is 12.2. The molecule has 3 aromatic rings. The third-order valence-electron chi connectivity index (χ3n) is 7.01. The van der Waals surface area contributed by atoms with E-state index in [4.69, 9.17) is 16.3 Å². The summed E-state index contributed by atoms with van der Waals surface area (Å²) in [7, 11) is 5.75. The molecule has 0 aliphatic heterocycles. The first-order chi connectivity index (χ1) is 16.8. The number of hydrogen-bond acceptors (Lipinski definition) is 6. The lowest BCUT2D eigenvalue weighted by Gasteiger charge is -2.31. The largest absolute Gasteiger partial charge is 0.503 e. The van der Waals surface area contributed by atoms with Crippen LogP contribution in [0.1, 0.15) is 49.4 Å². The molecule has 1 saturated carbocycles. The summed E-state index contributed by atoms with van der Waals surface area (Å²) in [5.41, 5.74) is 3.98. The molecule has 0 spiro atoms. The van der Waals surface area contributed by atoms with Gasteiger partial charge in [-0.2, -0.15) is 0 Å². The maximum absolute atomic E-state index is 12.5. The smallest absolute Gasteiger partial charge is 0.176 e. The molecular formula is C28H34ClN3O3. The topological polar surface area (TPSA) is 74.7 Å². The van der Waals surface area contributed by atoms with E-state index >= 15 is 0 Å². The van der Waals surface area contributed by atoms with Gasteiger partial charge in [0, 0.05) is 17.6 Å². The van der Waals surface area contributed by atoms with E-state index in [1.807, 2.05) is 18.2 Å². The average Bonchev–Trinajstić information content (AvgIpc) is 2.84. The molecule has 0 amide bonds. The van der Waals surface area contributed by atoms with Crippen LogP contribution in [0.5, 0.6) is 11.5 Å². The van der Waals surface area contributed by atoms with Crippen molar-refractivity contribution in [1.82, 2.24) is 9.88 Å². The summed E-state index contributed by atoms with van der Waals surface area (Å²) in [4.78, 5) is 19.3. The molecule has 6 nitrogen and oxygen atoms in total. The average molecular weight is 496 g/mol. The molecule has 1 aliphatic carbocycles. The molecule has 4 rings (SSSR count). The highest BCUT2D eigenvalue weighted by molar-refractivity contribution is 6.32. The van der Waals surface area contributed by atoms with Gasteiger partial charge in [-0.25, -0.2) is 0 Å². The van der Waals surface area contributed by atoms with E-state index in [-0.39, 0.29) is 16.6 Å². The molecule has 2 N–H and O–H groups in total. The fourth-order valence-electron chi connectivity index (χ4n) is 4.93. The van der Waals surface area contributed by atoms with Crippen molar-refractivity contribution < 1.29 is 14.6 Å². The number of nitrogens with zero attached hydrogens (tertiary/aromatic N) is 2. The minimum Gasteiger partial charge on any atom is -0.503 e. The van der Waals surface area contributed by atoms with Gasteiger partial charge in [0.25, 0.3) is 0 Å². The number of rotatable bonds is 8. The first kappa shape index (κ1) is 25.3. The number of carbonyl (C=O) groups excluding carboxylic acids is 1. The van der Waals surface area contributed by atoms with Gasteiger partial charge < -0.3 is 20.1 Å². The van der Waals surface area contributed by atoms with Gasteiger partial charge in [-0.3, -0.25) is 9.78 Å². The SMILES string of the molecule is COc1cc(-c2ccc3ncc(C(C)=O)c(NC4CCC(CCN(C)C)CC4)c3c2)cc(Cl)c1O. The number of halogens is 1. The third kappa shape index (κ3) is 5.71. The Balaban J connectivity index is 1.67. The number of ketones is 1. The molecule has 7 heteroatoms. The second-order valence-electron chi connectivity index (χ2n) is 9.80. The zero-order chi connectivity index (χ0) is 25.1. The summed E-state index contributed by atoms with van der Waals surface area (Å²) < 4.78 is 5.28. The van der Waals surface area contributed by atoms with Crippen molar-refractivity contribution in [3.05, 3.63) is 47.1 Å². The number of phenolic OH excluding ortho intramolecular Hbond substituents is 1.